The highest BCUT2D eigenvalue weighted by molar-refractivity contribution is 5.38. The summed E-state index contributed by atoms with van der Waals surface area (Å²) in [7, 11) is 0. The number of aryl methyl sites for hydroxylation is 2. The maximum atomic E-state index is 9.17. The summed E-state index contributed by atoms with van der Waals surface area (Å²) in [6, 6.07) is 2.40. The van der Waals surface area contributed by atoms with Crippen LogP contribution < -0.4 is 5.32 Å². The van der Waals surface area contributed by atoms with Gasteiger partial charge in [-0.1, -0.05) is 6.42 Å². The lowest BCUT2D eigenvalue weighted by Crippen LogP contribution is -2.25. The average molecular weight is 301 g/mol. The van der Waals surface area contributed by atoms with E-state index in [1.807, 2.05) is 24.6 Å². The van der Waals surface area contributed by atoms with E-state index >= 15 is 0 Å². The topological polar surface area (TPSA) is 75.9 Å². The van der Waals surface area contributed by atoms with Gasteiger partial charge < -0.3 is 10.4 Å². The molecule has 2 aromatic heterocycles. The minimum atomic E-state index is 0.250. The van der Waals surface area contributed by atoms with Gasteiger partial charge in [0.05, 0.1) is 18.1 Å². The monoisotopic (exact) mass is 301 g/mol. The summed E-state index contributed by atoms with van der Waals surface area (Å²) in [5.74, 6) is 2.02. The first-order valence-electron chi connectivity index (χ1n) is 7.90. The maximum absolute atomic E-state index is 9.17. The highest BCUT2D eigenvalue weighted by Gasteiger charge is 2.27. The van der Waals surface area contributed by atoms with Crippen molar-refractivity contribution in [2.45, 2.75) is 45.6 Å². The van der Waals surface area contributed by atoms with E-state index < -0.39 is 0 Å². The Hall–Kier alpha value is -1.95. The van der Waals surface area contributed by atoms with Gasteiger partial charge in [-0.2, -0.15) is 5.10 Å². The van der Waals surface area contributed by atoms with Crippen molar-refractivity contribution in [3.63, 3.8) is 0 Å². The largest absolute Gasteiger partial charge is 0.396 e. The molecular formula is C16H23N5O. The molecule has 118 valence electrons. The van der Waals surface area contributed by atoms with Crippen molar-refractivity contribution < 1.29 is 5.11 Å². The van der Waals surface area contributed by atoms with Gasteiger partial charge in [0.2, 0.25) is 0 Å². The summed E-state index contributed by atoms with van der Waals surface area (Å²) in [6.45, 7) is 4.23. The van der Waals surface area contributed by atoms with Crippen molar-refractivity contribution in [1.29, 1.82) is 0 Å². The highest BCUT2D eigenvalue weighted by atomic mass is 16.3. The Balaban J connectivity index is 1.78. The average Bonchev–Trinajstić information content (AvgIpc) is 3.06. The first-order chi connectivity index (χ1) is 10.7. The Morgan fingerprint density at radius 2 is 2.18 bits per heavy atom. The second-order valence-electron chi connectivity index (χ2n) is 6.06. The summed E-state index contributed by atoms with van der Waals surface area (Å²) >= 11 is 0. The van der Waals surface area contributed by atoms with Gasteiger partial charge in [0.15, 0.2) is 5.82 Å². The number of rotatable bonds is 5. The standard InChI is InChI=1S/C16H23N5O/c1-11-8-12(2)21(20-11)16-10-17-9-15(19-16)18-14-5-3-4-13(14)6-7-22/h8-10,13-14,22H,3-7H2,1-2H3,(H,18,19). The molecule has 3 rings (SSSR count). The van der Waals surface area contributed by atoms with Crippen molar-refractivity contribution >= 4 is 5.82 Å². The molecular weight excluding hydrogens is 278 g/mol. The molecule has 0 amide bonds. The number of aliphatic hydroxyl groups is 1. The van der Waals surface area contributed by atoms with E-state index in [9.17, 15) is 0 Å². The predicted molar refractivity (Wildman–Crippen MR) is 85.1 cm³/mol. The third kappa shape index (κ3) is 3.11. The fourth-order valence-electron chi connectivity index (χ4n) is 3.32. The first-order valence-corrected chi connectivity index (χ1v) is 7.90. The molecule has 0 spiro atoms. The van der Waals surface area contributed by atoms with Crippen LogP contribution in [0.2, 0.25) is 0 Å². The zero-order valence-corrected chi connectivity index (χ0v) is 13.2. The molecule has 0 radical (unpaired) electrons. The summed E-state index contributed by atoms with van der Waals surface area (Å²) in [5, 5.41) is 17.1. The van der Waals surface area contributed by atoms with E-state index in [1.165, 1.54) is 12.8 Å². The number of nitrogens with one attached hydrogen (secondary N) is 1. The molecule has 0 saturated heterocycles. The zero-order chi connectivity index (χ0) is 15.5. The van der Waals surface area contributed by atoms with Gasteiger partial charge in [-0.15, -0.1) is 0 Å². The Bertz CT molecular complexity index is 639. The van der Waals surface area contributed by atoms with E-state index in [1.54, 1.807) is 12.4 Å². The van der Waals surface area contributed by atoms with Crippen LogP contribution in [0.5, 0.6) is 0 Å². The number of anilines is 1. The van der Waals surface area contributed by atoms with E-state index in [4.69, 9.17) is 5.11 Å². The van der Waals surface area contributed by atoms with Gasteiger partial charge >= 0.3 is 0 Å². The molecule has 1 aliphatic carbocycles. The van der Waals surface area contributed by atoms with Crippen LogP contribution in [0.3, 0.4) is 0 Å². The molecule has 6 heteroatoms. The zero-order valence-electron chi connectivity index (χ0n) is 13.2. The van der Waals surface area contributed by atoms with Gasteiger partial charge in [0, 0.05) is 18.3 Å². The number of aromatic nitrogens is 4. The lowest BCUT2D eigenvalue weighted by atomic mass is 10.0. The number of aliphatic hydroxyl groups excluding tert-OH is 1. The molecule has 6 nitrogen and oxygen atoms in total. The SMILES string of the molecule is Cc1cc(C)n(-c2cncc(NC3CCCC3CCO)n2)n1. The van der Waals surface area contributed by atoms with Gasteiger partial charge in [-0.25, -0.2) is 9.67 Å². The van der Waals surface area contributed by atoms with E-state index in [2.05, 4.69) is 20.4 Å². The van der Waals surface area contributed by atoms with Crippen LogP contribution in [0.25, 0.3) is 5.82 Å². The molecule has 2 unspecified atom stereocenters. The van der Waals surface area contributed by atoms with Crippen LogP contribution in [0.15, 0.2) is 18.5 Å². The predicted octanol–water partition coefficient (Wildman–Crippen LogP) is 2.24. The molecule has 2 heterocycles. The minimum absolute atomic E-state index is 0.250. The second kappa shape index (κ2) is 6.44. The maximum Gasteiger partial charge on any atom is 0.174 e. The van der Waals surface area contributed by atoms with Crippen LogP contribution >= 0.6 is 0 Å². The van der Waals surface area contributed by atoms with Gasteiger partial charge in [0.25, 0.3) is 0 Å². The minimum Gasteiger partial charge on any atom is -0.396 e. The summed E-state index contributed by atoms with van der Waals surface area (Å²) in [6.07, 6.45) is 7.82. The van der Waals surface area contributed by atoms with Crippen molar-refractivity contribution in [3.8, 4) is 5.82 Å². The fourth-order valence-corrected chi connectivity index (χ4v) is 3.32. The molecule has 0 bridgehead atoms. The molecule has 0 aromatic carbocycles. The number of hydrogen-bond donors (Lipinski definition) is 2. The van der Waals surface area contributed by atoms with Crippen molar-refractivity contribution in [2.24, 2.45) is 5.92 Å². The molecule has 1 fully saturated rings. The van der Waals surface area contributed by atoms with Crippen LogP contribution in [0.1, 0.15) is 37.1 Å². The fraction of sp³-hybridized carbons (Fsp3) is 0.562. The molecule has 2 atom stereocenters. The lowest BCUT2D eigenvalue weighted by molar-refractivity contribution is 0.254. The van der Waals surface area contributed by atoms with E-state index in [0.29, 0.717) is 12.0 Å². The van der Waals surface area contributed by atoms with Crippen LogP contribution in [-0.2, 0) is 0 Å². The van der Waals surface area contributed by atoms with Crippen molar-refractivity contribution in [1.82, 2.24) is 19.7 Å². The Morgan fingerprint density at radius 1 is 1.32 bits per heavy atom. The van der Waals surface area contributed by atoms with Crippen molar-refractivity contribution in [3.05, 3.63) is 29.8 Å². The molecule has 2 N–H and O–H groups in total. The molecule has 1 aliphatic rings. The highest BCUT2D eigenvalue weighted by Crippen LogP contribution is 2.30. The normalized spacial score (nSPS) is 21.2. The Labute approximate surface area is 130 Å². The number of hydrogen-bond acceptors (Lipinski definition) is 5. The lowest BCUT2D eigenvalue weighted by Gasteiger charge is -2.20. The Morgan fingerprint density at radius 3 is 2.91 bits per heavy atom. The quantitative estimate of drug-likeness (QED) is 0.886. The third-order valence-electron chi connectivity index (χ3n) is 4.34. The molecule has 22 heavy (non-hydrogen) atoms. The Kier molecular flexibility index (Phi) is 4.38. The van der Waals surface area contributed by atoms with Crippen LogP contribution in [0, 0.1) is 19.8 Å². The molecule has 2 aromatic rings. The first kappa shape index (κ1) is 15.0. The van der Waals surface area contributed by atoms with Crippen LogP contribution in [-0.4, -0.2) is 37.5 Å². The summed E-state index contributed by atoms with van der Waals surface area (Å²) in [4.78, 5) is 8.93. The van der Waals surface area contributed by atoms with Gasteiger partial charge in [0.1, 0.15) is 5.82 Å². The van der Waals surface area contributed by atoms with Gasteiger partial charge in [-0.3, -0.25) is 4.98 Å². The smallest absolute Gasteiger partial charge is 0.174 e. The molecule has 0 aliphatic heterocycles. The number of nitrogens with zero attached hydrogens (tertiary/aromatic N) is 4. The van der Waals surface area contributed by atoms with E-state index in [0.717, 1.165) is 35.9 Å². The second-order valence-corrected chi connectivity index (χ2v) is 6.06. The third-order valence-corrected chi connectivity index (χ3v) is 4.34. The van der Waals surface area contributed by atoms with Gasteiger partial charge in [-0.05, 0) is 45.1 Å². The van der Waals surface area contributed by atoms with Crippen molar-refractivity contribution in [2.75, 3.05) is 11.9 Å². The summed E-state index contributed by atoms with van der Waals surface area (Å²) < 4.78 is 1.81. The van der Waals surface area contributed by atoms with E-state index in [-0.39, 0.29) is 6.61 Å². The van der Waals surface area contributed by atoms with Crippen LogP contribution in [0.4, 0.5) is 5.82 Å². The summed E-state index contributed by atoms with van der Waals surface area (Å²) in [5.41, 5.74) is 2.01. The molecule has 1 saturated carbocycles.